The Morgan fingerprint density at radius 3 is 1.68 bits per heavy atom. The fraction of sp³-hybridized carbons (Fsp3) is 0.750. The predicted molar refractivity (Wildman–Crippen MR) is 79.5 cm³/mol. The average Bonchev–Trinajstić information content (AvgIpc) is 2.23. The summed E-state index contributed by atoms with van der Waals surface area (Å²) < 4.78 is 23.0. The molecular formula is C8H9Cl6O4P. The Labute approximate surface area is 141 Å². The minimum Gasteiger partial charge on any atom is -0.286 e. The minimum atomic E-state index is -4.04. The van der Waals surface area contributed by atoms with Gasteiger partial charge in [0.25, 0.3) is 0 Å². The zero-order valence-corrected chi connectivity index (χ0v) is 14.7. The molecule has 0 aliphatic heterocycles. The Morgan fingerprint density at radius 2 is 1.37 bits per heavy atom. The van der Waals surface area contributed by atoms with Crippen LogP contribution in [0.2, 0.25) is 0 Å². The maximum Gasteiger partial charge on any atom is 0.475 e. The van der Waals surface area contributed by atoms with Gasteiger partial charge in [0.05, 0.1) is 6.61 Å². The maximum absolute atomic E-state index is 12.1. The van der Waals surface area contributed by atoms with Gasteiger partial charge in [-0.05, 0) is 0 Å². The molecule has 0 spiro atoms. The van der Waals surface area contributed by atoms with Crippen LogP contribution in [0.4, 0.5) is 0 Å². The van der Waals surface area contributed by atoms with Gasteiger partial charge in [-0.25, -0.2) is 4.57 Å². The SMILES string of the molecule is C#CCCOP(=O)(OCC(Cl)(Cl)Cl)OCC(Cl)(Cl)Cl. The van der Waals surface area contributed by atoms with Gasteiger partial charge in [0, 0.05) is 6.42 Å². The van der Waals surface area contributed by atoms with Crippen molar-refractivity contribution in [2.75, 3.05) is 19.8 Å². The van der Waals surface area contributed by atoms with Crippen molar-refractivity contribution in [1.82, 2.24) is 0 Å². The van der Waals surface area contributed by atoms with Crippen LogP contribution in [0.1, 0.15) is 6.42 Å². The Balaban J connectivity index is 4.54. The Hall–Kier alpha value is 1.41. The fourth-order valence-electron chi connectivity index (χ4n) is 0.633. The fourth-order valence-corrected chi connectivity index (χ4v) is 2.66. The number of terminal acetylenes is 1. The Morgan fingerprint density at radius 1 is 0.947 bits per heavy atom. The highest BCUT2D eigenvalue weighted by Gasteiger charge is 2.35. The van der Waals surface area contributed by atoms with Gasteiger partial charge in [0.1, 0.15) is 13.2 Å². The third-order valence-corrected chi connectivity index (χ3v) is 3.31. The number of halogens is 6. The van der Waals surface area contributed by atoms with Crippen molar-refractivity contribution in [3.63, 3.8) is 0 Å². The van der Waals surface area contributed by atoms with Crippen molar-refractivity contribution in [2.24, 2.45) is 0 Å². The highest BCUT2D eigenvalue weighted by molar-refractivity contribution is 7.48. The first-order valence-corrected chi connectivity index (χ1v) is 8.31. The molecule has 112 valence electrons. The lowest BCUT2D eigenvalue weighted by Crippen LogP contribution is -2.17. The summed E-state index contributed by atoms with van der Waals surface area (Å²) in [5.74, 6) is 2.27. The van der Waals surface area contributed by atoms with E-state index in [-0.39, 0.29) is 13.0 Å². The molecule has 0 aliphatic rings. The Kier molecular flexibility index (Phi) is 9.41. The molecule has 0 aromatic heterocycles. The van der Waals surface area contributed by atoms with E-state index in [9.17, 15) is 4.57 Å². The van der Waals surface area contributed by atoms with Crippen LogP contribution in [0.15, 0.2) is 0 Å². The van der Waals surface area contributed by atoms with Crippen LogP contribution in [-0.4, -0.2) is 27.4 Å². The first-order valence-electron chi connectivity index (χ1n) is 4.58. The van der Waals surface area contributed by atoms with Gasteiger partial charge >= 0.3 is 7.82 Å². The molecular weight excluding hydrogens is 404 g/mol. The molecule has 0 bridgehead atoms. The monoisotopic (exact) mass is 410 g/mol. The van der Waals surface area contributed by atoms with Crippen molar-refractivity contribution >= 4 is 77.4 Å². The van der Waals surface area contributed by atoms with Crippen LogP contribution >= 0.6 is 77.4 Å². The smallest absolute Gasteiger partial charge is 0.286 e. The Bertz CT molecular complexity index is 336. The molecule has 0 atom stereocenters. The lowest BCUT2D eigenvalue weighted by atomic mass is 10.5. The van der Waals surface area contributed by atoms with E-state index in [1.165, 1.54) is 0 Å². The molecule has 0 saturated carbocycles. The summed E-state index contributed by atoms with van der Waals surface area (Å²) >= 11 is 32.7. The van der Waals surface area contributed by atoms with Crippen LogP contribution in [0.3, 0.4) is 0 Å². The standard InChI is InChI=1S/C8H9Cl6O4P/c1-2-3-4-16-19(15,17-5-7(9,10)11)18-6-8(12,13)14/h1H,3-6H2. The van der Waals surface area contributed by atoms with Gasteiger partial charge < -0.3 is 0 Å². The van der Waals surface area contributed by atoms with E-state index in [4.69, 9.17) is 89.6 Å². The molecule has 4 nitrogen and oxygen atoms in total. The molecule has 0 amide bonds. The molecule has 0 saturated heterocycles. The van der Waals surface area contributed by atoms with E-state index in [1.54, 1.807) is 0 Å². The molecule has 11 heteroatoms. The number of rotatable bonds is 7. The third-order valence-electron chi connectivity index (χ3n) is 1.27. The van der Waals surface area contributed by atoms with Crippen LogP contribution < -0.4 is 0 Å². The van der Waals surface area contributed by atoms with Crippen LogP contribution in [0.25, 0.3) is 0 Å². The van der Waals surface area contributed by atoms with Gasteiger partial charge in [-0.1, -0.05) is 69.6 Å². The lowest BCUT2D eigenvalue weighted by Gasteiger charge is -2.21. The molecule has 0 unspecified atom stereocenters. The van der Waals surface area contributed by atoms with E-state index in [0.29, 0.717) is 0 Å². The molecule has 0 radical (unpaired) electrons. The zero-order valence-electron chi connectivity index (χ0n) is 9.25. The van der Waals surface area contributed by atoms with E-state index in [1.807, 2.05) is 0 Å². The van der Waals surface area contributed by atoms with E-state index in [2.05, 4.69) is 5.92 Å². The number of hydrogen-bond acceptors (Lipinski definition) is 4. The average molecular weight is 413 g/mol. The molecule has 0 aliphatic carbocycles. The van der Waals surface area contributed by atoms with Crippen LogP contribution in [0, 0.1) is 12.3 Å². The summed E-state index contributed by atoms with van der Waals surface area (Å²) in [6.45, 7) is -1.16. The summed E-state index contributed by atoms with van der Waals surface area (Å²) in [6, 6.07) is 0. The van der Waals surface area contributed by atoms with Crippen molar-refractivity contribution in [2.45, 2.75) is 14.0 Å². The molecule has 0 aromatic carbocycles. The van der Waals surface area contributed by atoms with Crippen LogP contribution in [0.5, 0.6) is 0 Å². The topological polar surface area (TPSA) is 44.8 Å². The minimum absolute atomic E-state index is 0.0898. The number of alkyl halides is 6. The van der Waals surface area contributed by atoms with Crippen molar-refractivity contribution in [3.05, 3.63) is 0 Å². The van der Waals surface area contributed by atoms with Gasteiger partial charge in [0.2, 0.25) is 7.59 Å². The van der Waals surface area contributed by atoms with Crippen molar-refractivity contribution in [3.8, 4) is 12.3 Å². The second-order valence-corrected chi connectivity index (χ2v) is 9.71. The molecule has 0 rings (SSSR count). The molecule has 0 N–H and O–H groups in total. The van der Waals surface area contributed by atoms with Crippen molar-refractivity contribution < 1.29 is 18.1 Å². The van der Waals surface area contributed by atoms with Gasteiger partial charge in [0.15, 0.2) is 0 Å². The number of phosphoric ester groups is 1. The normalized spacial score (nSPS) is 13.3. The molecule has 0 fully saturated rings. The highest BCUT2D eigenvalue weighted by Crippen LogP contribution is 2.52. The second-order valence-electron chi connectivity index (χ2n) is 3.01. The summed E-state index contributed by atoms with van der Waals surface area (Å²) in [5.41, 5.74) is 0. The van der Waals surface area contributed by atoms with Gasteiger partial charge in [-0.15, -0.1) is 12.3 Å². The van der Waals surface area contributed by atoms with E-state index < -0.39 is 28.6 Å². The summed E-state index contributed by atoms with van der Waals surface area (Å²) in [4.78, 5) is 0. The highest BCUT2D eigenvalue weighted by atomic mass is 35.6. The van der Waals surface area contributed by atoms with Gasteiger partial charge in [-0.3, -0.25) is 13.6 Å². The predicted octanol–water partition coefficient (Wildman–Crippen LogP) is 4.91. The van der Waals surface area contributed by atoms with Crippen molar-refractivity contribution in [1.29, 1.82) is 0 Å². The quantitative estimate of drug-likeness (QED) is 0.258. The molecule has 19 heavy (non-hydrogen) atoms. The summed E-state index contributed by atoms with van der Waals surface area (Å²) in [6.07, 6.45) is 5.20. The number of phosphoric acid groups is 1. The summed E-state index contributed by atoms with van der Waals surface area (Å²) in [7, 11) is -4.04. The second kappa shape index (κ2) is 8.76. The largest absolute Gasteiger partial charge is 0.475 e. The first kappa shape index (κ1) is 20.4. The molecule has 0 aromatic rings. The summed E-state index contributed by atoms with van der Waals surface area (Å²) in [5, 5.41) is 0. The van der Waals surface area contributed by atoms with Crippen LogP contribution in [-0.2, 0) is 18.1 Å². The van der Waals surface area contributed by atoms with E-state index in [0.717, 1.165) is 0 Å². The lowest BCUT2D eigenvalue weighted by molar-refractivity contribution is 0.118. The zero-order chi connectivity index (χ0) is 15.2. The third kappa shape index (κ3) is 12.8. The molecule has 0 heterocycles. The first-order chi connectivity index (χ1) is 8.47. The van der Waals surface area contributed by atoms with Gasteiger partial charge in [-0.2, -0.15) is 0 Å². The van der Waals surface area contributed by atoms with E-state index >= 15 is 0 Å². The maximum atomic E-state index is 12.1. The number of hydrogen-bond donors (Lipinski definition) is 0.